The maximum absolute atomic E-state index is 11.6. The molecular formula is C14H19NO3. The predicted molar refractivity (Wildman–Crippen MR) is 69.4 cm³/mol. The lowest BCUT2D eigenvalue weighted by Crippen LogP contribution is -2.20. The zero-order valence-corrected chi connectivity index (χ0v) is 10.6. The fraction of sp³-hybridized carbons (Fsp3) is 0.500. The molecule has 0 heterocycles. The highest BCUT2D eigenvalue weighted by Crippen LogP contribution is 2.22. The highest BCUT2D eigenvalue weighted by atomic mass is 16.6. The molecule has 1 atom stereocenters. The first-order valence-corrected chi connectivity index (χ1v) is 6.41. The van der Waals surface area contributed by atoms with Crippen molar-refractivity contribution in [2.24, 2.45) is 0 Å². The number of amides is 1. The van der Waals surface area contributed by atoms with Gasteiger partial charge in [0.2, 0.25) is 0 Å². The Morgan fingerprint density at radius 2 is 1.94 bits per heavy atom. The van der Waals surface area contributed by atoms with Gasteiger partial charge < -0.3 is 9.84 Å². The molecule has 0 radical (unpaired) electrons. The first-order valence-electron chi connectivity index (χ1n) is 6.41. The summed E-state index contributed by atoms with van der Waals surface area (Å²) >= 11 is 0. The predicted octanol–water partition coefficient (Wildman–Crippen LogP) is 3.23. The zero-order valence-electron chi connectivity index (χ0n) is 10.6. The maximum atomic E-state index is 11.6. The van der Waals surface area contributed by atoms with Crippen molar-refractivity contribution in [1.82, 2.24) is 0 Å². The van der Waals surface area contributed by atoms with E-state index < -0.39 is 12.2 Å². The van der Waals surface area contributed by atoms with E-state index in [9.17, 15) is 9.90 Å². The monoisotopic (exact) mass is 249 g/mol. The summed E-state index contributed by atoms with van der Waals surface area (Å²) in [7, 11) is 0. The van der Waals surface area contributed by atoms with Crippen LogP contribution in [0.4, 0.5) is 10.5 Å². The van der Waals surface area contributed by atoms with Crippen molar-refractivity contribution in [1.29, 1.82) is 0 Å². The van der Waals surface area contributed by atoms with Crippen LogP contribution in [0.15, 0.2) is 24.3 Å². The molecule has 0 bridgehead atoms. The van der Waals surface area contributed by atoms with Gasteiger partial charge in [-0.2, -0.15) is 0 Å². The lowest BCUT2D eigenvalue weighted by molar-refractivity contribution is 0.114. The fourth-order valence-electron chi connectivity index (χ4n) is 2.15. The van der Waals surface area contributed by atoms with Crippen molar-refractivity contribution in [3.63, 3.8) is 0 Å². The van der Waals surface area contributed by atoms with Crippen LogP contribution in [0.25, 0.3) is 0 Å². The smallest absolute Gasteiger partial charge is 0.411 e. The summed E-state index contributed by atoms with van der Waals surface area (Å²) in [5, 5.41) is 12.1. The van der Waals surface area contributed by atoms with Gasteiger partial charge in [-0.3, -0.25) is 5.32 Å². The van der Waals surface area contributed by atoms with Gasteiger partial charge >= 0.3 is 6.09 Å². The first-order chi connectivity index (χ1) is 8.65. The molecule has 4 heteroatoms. The minimum absolute atomic E-state index is 0.0711. The van der Waals surface area contributed by atoms with E-state index in [4.69, 9.17) is 4.74 Å². The molecule has 4 nitrogen and oxygen atoms in total. The number of ether oxygens (including phenoxy) is 1. The van der Waals surface area contributed by atoms with Gasteiger partial charge in [-0.25, -0.2) is 4.79 Å². The number of aliphatic hydroxyl groups excluding tert-OH is 1. The number of nitrogens with one attached hydrogen (secondary N) is 1. The molecule has 2 rings (SSSR count). The van der Waals surface area contributed by atoms with Crippen molar-refractivity contribution in [2.45, 2.75) is 44.8 Å². The maximum Gasteiger partial charge on any atom is 0.411 e. The van der Waals surface area contributed by atoms with Crippen LogP contribution in [0, 0.1) is 0 Å². The van der Waals surface area contributed by atoms with Crippen LogP contribution >= 0.6 is 0 Å². The Morgan fingerprint density at radius 1 is 1.33 bits per heavy atom. The standard InChI is InChI=1S/C14H19NO3/c1-10(16)11-6-8-12(9-7-11)15-14(17)18-13-4-2-3-5-13/h6-10,13,16H,2-5H2,1H3,(H,15,17). The summed E-state index contributed by atoms with van der Waals surface area (Å²) in [6.07, 6.45) is 3.39. The molecular weight excluding hydrogens is 230 g/mol. The second-order valence-corrected chi connectivity index (χ2v) is 4.73. The SMILES string of the molecule is CC(O)c1ccc(NC(=O)OC2CCCC2)cc1. The van der Waals surface area contributed by atoms with Crippen molar-refractivity contribution in [3.05, 3.63) is 29.8 Å². The molecule has 0 saturated heterocycles. The number of aliphatic hydroxyl groups is 1. The summed E-state index contributed by atoms with van der Waals surface area (Å²) in [6, 6.07) is 7.10. The second-order valence-electron chi connectivity index (χ2n) is 4.73. The van der Waals surface area contributed by atoms with Crippen LogP contribution in [0.2, 0.25) is 0 Å². The molecule has 1 aliphatic rings. The third kappa shape index (κ3) is 3.47. The van der Waals surface area contributed by atoms with E-state index >= 15 is 0 Å². The Morgan fingerprint density at radius 3 is 2.50 bits per heavy atom. The quantitative estimate of drug-likeness (QED) is 0.864. The van der Waals surface area contributed by atoms with Crippen molar-refractivity contribution in [2.75, 3.05) is 5.32 Å². The van der Waals surface area contributed by atoms with Gasteiger partial charge in [-0.1, -0.05) is 12.1 Å². The van der Waals surface area contributed by atoms with E-state index in [1.165, 1.54) is 0 Å². The molecule has 2 N–H and O–H groups in total. The van der Waals surface area contributed by atoms with Gasteiger partial charge in [-0.05, 0) is 50.3 Å². The van der Waals surface area contributed by atoms with Crippen molar-refractivity contribution in [3.8, 4) is 0 Å². The molecule has 1 aromatic carbocycles. The minimum atomic E-state index is -0.496. The molecule has 1 saturated carbocycles. The average molecular weight is 249 g/mol. The lowest BCUT2D eigenvalue weighted by atomic mass is 10.1. The largest absolute Gasteiger partial charge is 0.446 e. The average Bonchev–Trinajstić information content (AvgIpc) is 2.82. The van der Waals surface area contributed by atoms with Crippen molar-refractivity contribution >= 4 is 11.8 Å². The van der Waals surface area contributed by atoms with Crippen LogP contribution in [0.5, 0.6) is 0 Å². The Bertz CT molecular complexity index is 394. The molecule has 1 aliphatic carbocycles. The van der Waals surface area contributed by atoms with Gasteiger partial charge in [-0.15, -0.1) is 0 Å². The number of hydrogen-bond donors (Lipinski definition) is 2. The number of carbonyl (C=O) groups is 1. The van der Waals surface area contributed by atoms with E-state index in [2.05, 4.69) is 5.32 Å². The van der Waals surface area contributed by atoms with E-state index in [1.807, 2.05) is 0 Å². The van der Waals surface area contributed by atoms with Crippen LogP contribution in [-0.4, -0.2) is 17.3 Å². The van der Waals surface area contributed by atoms with Crippen LogP contribution in [-0.2, 0) is 4.74 Å². The Labute approximate surface area is 107 Å². The number of benzene rings is 1. The Balaban J connectivity index is 1.86. The molecule has 0 spiro atoms. The lowest BCUT2D eigenvalue weighted by Gasteiger charge is -2.12. The molecule has 0 aliphatic heterocycles. The normalized spacial score (nSPS) is 17.4. The van der Waals surface area contributed by atoms with Gasteiger partial charge in [0.1, 0.15) is 6.10 Å². The highest BCUT2D eigenvalue weighted by Gasteiger charge is 2.19. The first kappa shape index (κ1) is 12.9. The summed E-state index contributed by atoms with van der Waals surface area (Å²) < 4.78 is 5.29. The molecule has 1 unspecified atom stereocenters. The summed E-state index contributed by atoms with van der Waals surface area (Å²) in [6.45, 7) is 1.71. The number of carbonyl (C=O) groups excluding carboxylic acids is 1. The van der Waals surface area contributed by atoms with Gasteiger partial charge in [0.05, 0.1) is 6.10 Å². The van der Waals surface area contributed by atoms with E-state index in [0.717, 1.165) is 31.2 Å². The fourth-order valence-corrected chi connectivity index (χ4v) is 2.15. The summed E-state index contributed by atoms with van der Waals surface area (Å²) in [4.78, 5) is 11.6. The topological polar surface area (TPSA) is 58.6 Å². The van der Waals surface area contributed by atoms with Crippen LogP contribution < -0.4 is 5.32 Å². The molecule has 18 heavy (non-hydrogen) atoms. The van der Waals surface area contributed by atoms with E-state index in [0.29, 0.717) is 5.69 Å². The summed E-state index contributed by atoms with van der Waals surface area (Å²) in [5.41, 5.74) is 1.51. The highest BCUT2D eigenvalue weighted by molar-refractivity contribution is 5.84. The Hall–Kier alpha value is -1.55. The van der Waals surface area contributed by atoms with Gasteiger partial charge in [0.15, 0.2) is 0 Å². The van der Waals surface area contributed by atoms with Crippen molar-refractivity contribution < 1.29 is 14.6 Å². The zero-order chi connectivity index (χ0) is 13.0. The van der Waals surface area contributed by atoms with Gasteiger partial charge in [0.25, 0.3) is 0 Å². The molecule has 98 valence electrons. The number of anilines is 1. The third-order valence-electron chi connectivity index (χ3n) is 3.22. The molecule has 0 aromatic heterocycles. The van der Waals surface area contributed by atoms with E-state index in [-0.39, 0.29) is 6.10 Å². The third-order valence-corrected chi connectivity index (χ3v) is 3.22. The van der Waals surface area contributed by atoms with Gasteiger partial charge in [0, 0.05) is 5.69 Å². The summed E-state index contributed by atoms with van der Waals surface area (Å²) in [5.74, 6) is 0. The molecule has 1 amide bonds. The minimum Gasteiger partial charge on any atom is -0.446 e. The molecule has 1 aromatic rings. The van der Waals surface area contributed by atoms with E-state index in [1.54, 1.807) is 31.2 Å². The molecule has 1 fully saturated rings. The number of hydrogen-bond acceptors (Lipinski definition) is 3. The second kappa shape index (κ2) is 5.87. The van der Waals surface area contributed by atoms with Crippen LogP contribution in [0.3, 0.4) is 0 Å². The Kier molecular flexibility index (Phi) is 4.20. The van der Waals surface area contributed by atoms with Crippen LogP contribution in [0.1, 0.15) is 44.3 Å². The number of rotatable bonds is 3.